The second-order valence-electron chi connectivity index (χ2n) is 4.13. The lowest BCUT2D eigenvalue weighted by Crippen LogP contribution is -2.41. The second-order valence-corrected chi connectivity index (χ2v) is 4.13. The minimum atomic E-state index is -4.55. The fourth-order valence-corrected chi connectivity index (χ4v) is 2.03. The van der Waals surface area contributed by atoms with E-state index in [0.717, 1.165) is 0 Å². The molecule has 0 radical (unpaired) electrons. The van der Waals surface area contributed by atoms with Crippen LogP contribution in [0.2, 0.25) is 0 Å². The van der Waals surface area contributed by atoms with Gasteiger partial charge in [0.15, 0.2) is 0 Å². The molecule has 0 saturated carbocycles. The summed E-state index contributed by atoms with van der Waals surface area (Å²) in [4.78, 5) is 16.7. The first kappa shape index (κ1) is 12.8. The van der Waals surface area contributed by atoms with Crippen molar-refractivity contribution in [3.05, 3.63) is 11.6 Å². The summed E-state index contributed by atoms with van der Waals surface area (Å²) in [5.74, 6) is -1.05. The molecule has 0 aromatic carbocycles. The number of hydrogen-bond donors (Lipinski definition) is 0. The van der Waals surface area contributed by atoms with Crippen LogP contribution in [0, 0.1) is 0 Å². The molecule has 2 heterocycles. The zero-order valence-electron chi connectivity index (χ0n) is 10.0. The number of halogens is 3. The van der Waals surface area contributed by atoms with E-state index in [2.05, 4.69) is 10.1 Å². The molecule has 2 rings (SSSR count). The third-order valence-corrected chi connectivity index (χ3v) is 2.97. The van der Waals surface area contributed by atoms with Crippen LogP contribution in [0.15, 0.2) is 0 Å². The monoisotopic (exact) mass is 262 g/mol. The standard InChI is InChI=1S/C10H13F3N4O/c1-3-7(18)16-4-5-17-8(6(16)2)14-9(15-17)10(11,12)13/h6H,3-5H2,1-2H3. The first-order valence-corrected chi connectivity index (χ1v) is 5.66. The van der Waals surface area contributed by atoms with Gasteiger partial charge in [-0.3, -0.25) is 4.79 Å². The molecule has 1 atom stereocenters. The minimum Gasteiger partial charge on any atom is -0.331 e. The zero-order valence-corrected chi connectivity index (χ0v) is 10.0. The summed E-state index contributed by atoms with van der Waals surface area (Å²) in [5.41, 5.74) is 0. The third kappa shape index (κ3) is 2.06. The Morgan fingerprint density at radius 2 is 2.11 bits per heavy atom. The molecule has 0 N–H and O–H groups in total. The molecular formula is C10H13F3N4O. The summed E-state index contributed by atoms with van der Waals surface area (Å²) in [6.45, 7) is 3.99. The molecule has 0 saturated heterocycles. The van der Waals surface area contributed by atoms with E-state index in [0.29, 0.717) is 13.0 Å². The van der Waals surface area contributed by atoms with Crippen LogP contribution in [0.3, 0.4) is 0 Å². The Balaban J connectivity index is 2.32. The molecule has 8 heteroatoms. The Morgan fingerprint density at radius 3 is 2.67 bits per heavy atom. The van der Waals surface area contributed by atoms with Crippen molar-refractivity contribution in [3.63, 3.8) is 0 Å². The Morgan fingerprint density at radius 1 is 1.44 bits per heavy atom. The van der Waals surface area contributed by atoms with E-state index in [-0.39, 0.29) is 18.3 Å². The van der Waals surface area contributed by atoms with Gasteiger partial charge in [0, 0.05) is 13.0 Å². The van der Waals surface area contributed by atoms with E-state index in [1.807, 2.05) is 0 Å². The third-order valence-electron chi connectivity index (χ3n) is 2.97. The van der Waals surface area contributed by atoms with Crippen LogP contribution in [0.25, 0.3) is 0 Å². The SMILES string of the molecule is CCC(=O)N1CCn2nc(C(F)(F)F)nc2C1C. The molecule has 1 amide bonds. The summed E-state index contributed by atoms with van der Waals surface area (Å²) >= 11 is 0. The lowest BCUT2D eigenvalue weighted by molar-refractivity contribution is -0.145. The number of nitrogens with zero attached hydrogens (tertiary/aromatic N) is 4. The van der Waals surface area contributed by atoms with Gasteiger partial charge in [-0.05, 0) is 6.92 Å². The van der Waals surface area contributed by atoms with Gasteiger partial charge in [0.05, 0.1) is 12.6 Å². The molecule has 100 valence electrons. The number of carbonyl (C=O) groups is 1. The number of aromatic nitrogens is 3. The lowest BCUT2D eigenvalue weighted by atomic mass is 10.2. The molecule has 0 bridgehead atoms. The van der Waals surface area contributed by atoms with Crippen molar-refractivity contribution >= 4 is 5.91 Å². The number of alkyl halides is 3. The average Bonchev–Trinajstić information content (AvgIpc) is 2.73. The van der Waals surface area contributed by atoms with Gasteiger partial charge in [-0.25, -0.2) is 9.67 Å². The van der Waals surface area contributed by atoms with Crippen LogP contribution in [0.1, 0.15) is 38.0 Å². The first-order valence-electron chi connectivity index (χ1n) is 5.66. The predicted octanol–water partition coefficient (Wildman–Crippen LogP) is 1.61. The van der Waals surface area contributed by atoms with Crippen molar-refractivity contribution in [1.82, 2.24) is 19.7 Å². The number of hydrogen-bond acceptors (Lipinski definition) is 3. The highest BCUT2D eigenvalue weighted by Crippen LogP contribution is 2.30. The van der Waals surface area contributed by atoms with Crippen molar-refractivity contribution < 1.29 is 18.0 Å². The number of carbonyl (C=O) groups excluding carboxylic acids is 1. The van der Waals surface area contributed by atoms with Crippen LogP contribution in [-0.4, -0.2) is 32.1 Å². The summed E-state index contributed by atoms with van der Waals surface area (Å²) in [7, 11) is 0. The Labute approximate surface area is 102 Å². The molecule has 18 heavy (non-hydrogen) atoms. The highest BCUT2D eigenvalue weighted by molar-refractivity contribution is 5.76. The van der Waals surface area contributed by atoms with Crippen LogP contribution < -0.4 is 0 Å². The summed E-state index contributed by atoms with van der Waals surface area (Å²) in [5, 5.41) is 3.43. The molecule has 5 nitrogen and oxygen atoms in total. The Hall–Kier alpha value is -1.60. The number of fused-ring (bicyclic) bond motifs is 1. The second kappa shape index (κ2) is 4.25. The van der Waals surface area contributed by atoms with Crippen molar-refractivity contribution in [3.8, 4) is 0 Å². The van der Waals surface area contributed by atoms with Crippen LogP contribution in [0.5, 0.6) is 0 Å². The van der Waals surface area contributed by atoms with Crippen LogP contribution >= 0.6 is 0 Å². The van der Waals surface area contributed by atoms with Gasteiger partial charge >= 0.3 is 6.18 Å². The normalized spacial score (nSPS) is 19.8. The topological polar surface area (TPSA) is 51.0 Å². The van der Waals surface area contributed by atoms with Gasteiger partial charge in [0.25, 0.3) is 5.82 Å². The highest BCUT2D eigenvalue weighted by atomic mass is 19.4. The summed E-state index contributed by atoms with van der Waals surface area (Å²) < 4.78 is 38.7. The van der Waals surface area contributed by atoms with E-state index in [1.54, 1.807) is 13.8 Å². The maximum Gasteiger partial charge on any atom is 0.453 e. The maximum atomic E-state index is 12.5. The van der Waals surface area contributed by atoms with Gasteiger partial charge in [-0.1, -0.05) is 6.92 Å². The molecule has 1 aliphatic heterocycles. The number of rotatable bonds is 1. The van der Waals surface area contributed by atoms with E-state index < -0.39 is 18.0 Å². The quantitative estimate of drug-likeness (QED) is 0.772. The predicted molar refractivity (Wildman–Crippen MR) is 55.4 cm³/mol. The minimum absolute atomic E-state index is 0.0923. The van der Waals surface area contributed by atoms with E-state index in [4.69, 9.17) is 0 Å². The van der Waals surface area contributed by atoms with Crippen molar-refractivity contribution in [2.24, 2.45) is 0 Å². The van der Waals surface area contributed by atoms with Crippen LogP contribution in [-0.2, 0) is 17.5 Å². The molecular weight excluding hydrogens is 249 g/mol. The first-order chi connectivity index (χ1) is 8.34. The number of amides is 1. The van der Waals surface area contributed by atoms with Gasteiger partial charge in [0.1, 0.15) is 5.82 Å². The van der Waals surface area contributed by atoms with E-state index in [1.165, 1.54) is 9.58 Å². The van der Waals surface area contributed by atoms with Crippen LogP contribution in [0.4, 0.5) is 13.2 Å². The van der Waals surface area contributed by atoms with E-state index in [9.17, 15) is 18.0 Å². The zero-order chi connectivity index (χ0) is 13.5. The molecule has 1 unspecified atom stereocenters. The Bertz CT molecular complexity index is 468. The largest absolute Gasteiger partial charge is 0.453 e. The Kier molecular flexibility index (Phi) is 3.04. The maximum absolute atomic E-state index is 12.5. The van der Waals surface area contributed by atoms with Crippen molar-refractivity contribution in [2.45, 2.75) is 39.0 Å². The fourth-order valence-electron chi connectivity index (χ4n) is 2.03. The highest BCUT2D eigenvalue weighted by Gasteiger charge is 2.39. The molecule has 1 aromatic heterocycles. The summed E-state index contributed by atoms with van der Waals surface area (Å²) in [6, 6.07) is -0.477. The molecule has 1 aliphatic rings. The molecule has 0 aliphatic carbocycles. The van der Waals surface area contributed by atoms with Gasteiger partial charge in [0.2, 0.25) is 5.91 Å². The molecule has 1 aromatic rings. The molecule has 0 fully saturated rings. The van der Waals surface area contributed by atoms with Gasteiger partial charge in [-0.2, -0.15) is 13.2 Å². The lowest BCUT2D eigenvalue weighted by Gasteiger charge is -2.32. The average molecular weight is 262 g/mol. The van der Waals surface area contributed by atoms with Crippen molar-refractivity contribution in [2.75, 3.05) is 6.54 Å². The van der Waals surface area contributed by atoms with Gasteiger partial charge < -0.3 is 4.90 Å². The van der Waals surface area contributed by atoms with E-state index >= 15 is 0 Å². The van der Waals surface area contributed by atoms with Crippen molar-refractivity contribution in [1.29, 1.82) is 0 Å². The molecule has 0 spiro atoms. The fraction of sp³-hybridized carbons (Fsp3) is 0.700. The summed E-state index contributed by atoms with van der Waals surface area (Å²) in [6.07, 6.45) is -4.23. The smallest absolute Gasteiger partial charge is 0.331 e. The van der Waals surface area contributed by atoms with Gasteiger partial charge in [-0.15, -0.1) is 5.10 Å².